The predicted molar refractivity (Wildman–Crippen MR) is 117 cm³/mol. The first-order valence-electron chi connectivity index (χ1n) is 10.1. The number of fused-ring (bicyclic) bond motifs is 1. The van der Waals surface area contributed by atoms with E-state index in [1.165, 1.54) is 7.11 Å². The number of allylic oxidation sites excluding steroid dienone is 1. The van der Waals surface area contributed by atoms with E-state index in [-0.39, 0.29) is 46.2 Å². The summed E-state index contributed by atoms with van der Waals surface area (Å²) in [5.74, 6) is -0.328. The summed E-state index contributed by atoms with van der Waals surface area (Å²) in [5.41, 5.74) is 1.09. The van der Waals surface area contributed by atoms with Crippen molar-refractivity contribution in [1.82, 2.24) is 29.1 Å². The molecule has 1 aliphatic heterocycles. The van der Waals surface area contributed by atoms with E-state index in [9.17, 15) is 4.79 Å². The third-order valence-electron chi connectivity index (χ3n) is 4.93. The summed E-state index contributed by atoms with van der Waals surface area (Å²) in [7, 11) is 1.22. The maximum atomic E-state index is 11.5. The molecule has 13 heteroatoms. The zero-order chi connectivity index (χ0) is 24.8. The number of carbonyl (C=O) groups excluding carboxylic acids is 1. The van der Waals surface area contributed by atoms with Crippen molar-refractivity contribution in [2.75, 3.05) is 7.11 Å². The number of hydrogen-bond acceptors (Lipinski definition) is 6. The molecule has 4 heterocycles. The van der Waals surface area contributed by atoms with Crippen LogP contribution < -0.4 is 0 Å². The van der Waals surface area contributed by atoms with Gasteiger partial charge in [0.05, 0.1) is 25.7 Å². The molecule has 0 saturated carbocycles. The SMILES string of the molecule is COC(=O)[C@H]1CCC=C2[CH][CH][CH]O[C@H]21.[C-]#[O+].[C-]#[O+].[Mo].c1cnn([B-](n2cccn2)n2cccn2)c1. The van der Waals surface area contributed by atoms with Crippen molar-refractivity contribution in [3.63, 3.8) is 0 Å². The third-order valence-corrected chi connectivity index (χ3v) is 4.93. The van der Waals surface area contributed by atoms with Crippen LogP contribution in [0.4, 0.5) is 0 Å². The number of rotatable bonds is 4. The molecule has 0 aromatic carbocycles. The van der Waals surface area contributed by atoms with Crippen LogP contribution in [0.1, 0.15) is 12.8 Å². The Morgan fingerprint density at radius 3 is 1.97 bits per heavy atom. The van der Waals surface area contributed by atoms with Gasteiger partial charge in [-0.05, 0) is 61.6 Å². The van der Waals surface area contributed by atoms with Crippen molar-refractivity contribution in [2.45, 2.75) is 18.9 Å². The second-order valence-electron chi connectivity index (χ2n) is 6.77. The molecule has 3 aromatic heterocycles. The monoisotopic (exact) mass is 559 g/mol. The summed E-state index contributed by atoms with van der Waals surface area (Å²) in [6.45, 7) is 10.6. The van der Waals surface area contributed by atoms with Gasteiger partial charge in [-0.2, -0.15) is 0 Å². The number of aromatic nitrogens is 6. The Bertz CT molecular complexity index is 950. The van der Waals surface area contributed by atoms with Gasteiger partial charge in [-0.25, -0.2) is 15.3 Å². The van der Waals surface area contributed by atoms with E-state index in [2.05, 4.69) is 34.7 Å². The minimum absolute atomic E-state index is 0. The molecule has 5 rings (SSSR count). The summed E-state index contributed by atoms with van der Waals surface area (Å²) < 4.78 is 30.6. The first kappa shape index (κ1) is 30.1. The van der Waals surface area contributed by atoms with Gasteiger partial charge in [0.1, 0.15) is 0 Å². The number of methoxy groups -OCH3 is 1. The predicted octanol–water partition coefficient (Wildman–Crippen LogP) is 1.59. The molecule has 1 saturated heterocycles. The molecule has 0 N–H and O–H groups in total. The van der Waals surface area contributed by atoms with Crippen LogP contribution >= 0.6 is 0 Å². The van der Waals surface area contributed by atoms with Gasteiger partial charge in [0.15, 0.2) is 0 Å². The molecular weight excluding hydrogens is 535 g/mol. The number of hydrogen-bond donors (Lipinski definition) is 0. The summed E-state index contributed by atoms with van der Waals surface area (Å²) in [5, 5.41) is 12.7. The Hall–Kier alpha value is -2.97. The standard InChI is InChI=1S/C11H13O3.C9H9BN6.2CO.Mo/c1-13-11(12)9-6-2-4-8-5-3-7-14-10(8)9;1-4-11-14(7-1)10(15-8-2-5-12-15)16-9-3-6-13-16;2*1-2;/h3-5,7,9-10H,2,6H2,1H3;1-9H;;;/q;-1;;;/t9-,10+;;;;/m0..../s1. The van der Waals surface area contributed by atoms with Gasteiger partial charge in [-0.1, -0.05) is 6.08 Å². The minimum atomic E-state index is -0.194. The van der Waals surface area contributed by atoms with Gasteiger partial charge in [0, 0.05) is 46.1 Å². The fourth-order valence-electron chi connectivity index (χ4n) is 3.55. The molecule has 3 aromatic rings. The Morgan fingerprint density at radius 2 is 1.54 bits per heavy atom. The average Bonchev–Trinajstić information content (AvgIpc) is 3.72. The summed E-state index contributed by atoms with van der Waals surface area (Å²) in [6, 6.07) is 5.62. The molecule has 0 unspecified atom stereocenters. The molecule has 1 aliphatic carbocycles. The second-order valence-corrected chi connectivity index (χ2v) is 6.77. The zero-order valence-corrected chi connectivity index (χ0v) is 20.8. The van der Waals surface area contributed by atoms with Crippen molar-refractivity contribution < 1.29 is 44.6 Å². The molecule has 0 amide bonds. The fraction of sp³-hybridized carbons (Fsp3) is 0.227. The van der Waals surface area contributed by atoms with Crippen LogP contribution in [0.2, 0.25) is 0 Å². The van der Waals surface area contributed by atoms with E-state index in [1.807, 2.05) is 49.6 Å². The van der Waals surface area contributed by atoms with Crippen molar-refractivity contribution >= 4 is 13.1 Å². The van der Waals surface area contributed by atoms with Crippen molar-refractivity contribution in [3.05, 3.63) is 99.8 Å². The topological polar surface area (TPSA) is 129 Å². The van der Waals surface area contributed by atoms with Gasteiger partial charge in [0.25, 0.3) is 7.12 Å². The Balaban J connectivity index is 0.000000301. The third kappa shape index (κ3) is 8.04. The zero-order valence-electron chi connectivity index (χ0n) is 18.8. The van der Waals surface area contributed by atoms with Crippen LogP contribution in [0.25, 0.3) is 0 Å². The molecule has 35 heavy (non-hydrogen) atoms. The number of ether oxygens (including phenoxy) is 2. The molecule has 1 fully saturated rings. The maximum Gasteiger partial charge on any atom is 0.260 e. The van der Waals surface area contributed by atoms with Gasteiger partial charge in [0.2, 0.25) is 0 Å². The molecule has 2 aliphatic rings. The average molecular weight is 557 g/mol. The van der Waals surface area contributed by atoms with Crippen molar-refractivity contribution in [2.24, 2.45) is 5.92 Å². The Kier molecular flexibility index (Phi) is 14.3. The molecule has 180 valence electrons. The van der Waals surface area contributed by atoms with Crippen LogP contribution in [0, 0.1) is 38.7 Å². The molecule has 0 spiro atoms. The fourth-order valence-corrected chi connectivity index (χ4v) is 3.55. The molecular formula is C22H22BMoN6O5-. The number of carbonyl (C=O) groups is 1. The molecule has 2 atom stereocenters. The van der Waals surface area contributed by atoms with Gasteiger partial charge >= 0.3 is 28.6 Å². The smallest absolute Gasteiger partial charge is 0.260 e. The number of nitrogens with zero attached hydrogens (tertiary/aromatic N) is 6. The molecule has 0 bridgehead atoms. The van der Waals surface area contributed by atoms with Gasteiger partial charge < -0.3 is 23.3 Å². The quantitative estimate of drug-likeness (QED) is 0.208. The van der Waals surface area contributed by atoms with Crippen molar-refractivity contribution in [1.29, 1.82) is 0 Å². The van der Waals surface area contributed by atoms with Gasteiger partial charge in [-0.15, -0.1) is 0 Å². The Morgan fingerprint density at radius 1 is 1.03 bits per heavy atom. The molecule has 11 nitrogen and oxygen atoms in total. The van der Waals surface area contributed by atoms with E-state index in [1.54, 1.807) is 39.0 Å². The first-order chi connectivity index (χ1) is 16.8. The van der Waals surface area contributed by atoms with E-state index in [0.717, 1.165) is 18.4 Å². The van der Waals surface area contributed by atoms with Crippen LogP contribution in [-0.2, 0) is 44.6 Å². The van der Waals surface area contributed by atoms with E-state index < -0.39 is 0 Å². The van der Waals surface area contributed by atoms with Crippen LogP contribution in [0.3, 0.4) is 0 Å². The first-order valence-corrected chi connectivity index (χ1v) is 10.1. The van der Waals surface area contributed by atoms with E-state index >= 15 is 0 Å². The van der Waals surface area contributed by atoms with Crippen LogP contribution in [0.5, 0.6) is 0 Å². The van der Waals surface area contributed by atoms with Crippen LogP contribution in [-0.4, -0.2) is 55.4 Å². The molecule has 4 radical (unpaired) electrons. The summed E-state index contributed by atoms with van der Waals surface area (Å²) >= 11 is 0. The number of esters is 1. The second kappa shape index (κ2) is 16.6. The normalized spacial score (nSPS) is 17.8. The van der Waals surface area contributed by atoms with Crippen LogP contribution in [0.15, 0.2) is 67.0 Å². The largest absolute Gasteiger partial charge is 0.425 e. The summed E-state index contributed by atoms with van der Waals surface area (Å²) in [6.07, 6.45) is 18.4. The van der Waals surface area contributed by atoms with E-state index in [0.29, 0.717) is 0 Å². The van der Waals surface area contributed by atoms with Crippen molar-refractivity contribution in [3.8, 4) is 0 Å². The summed E-state index contributed by atoms with van der Waals surface area (Å²) in [4.78, 5) is 11.5. The van der Waals surface area contributed by atoms with E-state index in [4.69, 9.17) is 18.8 Å². The maximum absolute atomic E-state index is 11.5. The van der Waals surface area contributed by atoms with Gasteiger partial charge in [-0.3, -0.25) is 4.79 Å². The minimum Gasteiger partial charge on any atom is -0.425 e. The Labute approximate surface area is 218 Å².